The van der Waals surface area contributed by atoms with Crippen molar-refractivity contribution < 1.29 is 8.42 Å². The Labute approximate surface area is 102 Å². The Kier molecular flexibility index (Phi) is 4.35. The number of sulfonamides is 1. The van der Waals surface area contributed by atoms with Gasteiger partial charge in [0.1, 0.15) is 0 Å². The molecule has 16 heavy (non-hydrogen) atoms. The Balaban J connectivity index is 2.94. The minimum atomic E-state index is -3.16. The second kappa shape index (κ2) is 5.17. The largest absolute Gasteiger partial charge is 0.214 e. The Morgan fingerprint density at radius 2 is 1.81 bits per heavy atom. The predicted octanol–water partition coefficient (Wildman–Crippen LogP) is 2.68. The predicted molar refractivity (Wildman–Crippen MR) is 67.1 cm³/mol. The maximum absolute atomic E-state index is 11.7. The highest BCUT2D eigenvalue weighted by atomic mass is 35.5. The topological polar surface area (TPSA) is 37.4 Å². The summed E-state index contributed by atoms with van der Waals surface area (Å²) < 4.78 is 24.7. The molecule has 0 fully saturated rings. The molecule has 0 bridgehead atoms. The number of nitrogens with zero attached hydrogens (tertiary/aromatic N) is 1. The van der Waals surface area contributed by atoms with E-state index in [2.05, 4.69) is 0 Å². The maximum Gasteiger partial charge on any atom is 0.214 e. The summed E-state index contributed by atoms with van der Waals surface area (Å²) >= 11 is 5.78. The van der Waals surface area contributed by atoms with Crippen molar-refractivity contribution in [1.29, 1.82) is 0 Å². The highest BCUT2D eigenvalue weighted by Gasteiger charge is 2.22. The van der Waals surface area contributed by atoms with Crippen LogP contribution in [0.1, 0.15) is 25.5 Å². The lowest BCUT2D eigenvalue weighted by molar-refractivity contribution is 0.399. The van der Waals surface area contributed by atoms with Gasteiger partial charge in [0.2, 0.25) is 10.0 Å². The highest BCUT2D eigenvalue weighted by molar-refractivity contribution is 7.89. The molecule has 0 spiro atoms. The molecule has 0 aliphatic carbocycles. The first-order valence-corrected chi connectivity index (χ1v) is 7.08. The van der Waals surface area contributed by atoms with Crippen LogP contribution in [0.4, 0.5) is 0 Å². The van der Waals surface area contributed by atoms with Gasteiger partial charge in [0, 0.05) is 18.1 Å². The molecule has 0 aromatic heterocycles. The second-order valence-corrected chi connectivity index (χ2v) is 6.40. The van der Waals surface area contributed by atoms with Gasteiger partial charge < -0.3 is 0 Å². The summed E-state index contributed by atoms with van der Waals surface area (Å²) in [4.78, 5) is 0. The van der Waals surface area contributed by atoms with Gasteiger partial charge in [-0.2, -0.15) is 4.31 Å². The van der Waals surface area contributed by atoms with Gasteiger partial charge in [0.15, 0.2) is 0 Å². The summed E-state index contributed by atoms with van der Waals surface area (Å²) in [7, 11) is -1.56. The number of hydrogen-bond donors (Lipinski definition) is 0. The summed E-state index contributed by atoms with van der Waals surface area (Å²) in [5.41, 5.74) is 0.934. The average molecular weight is 262 g/mol. The molecule has 0 aliphatic heterocycles. The summed E-state index contributed by atoms with van der Waals surface area (Å²) in [5, 5.41) is 0.650. The first-order chi connectivity index (χ1) is 7.38. The fraction of sp³-hybridized carbons (Fsp3) is 0.455. The van der Waals surface area contributed by atoms with Crippen molar-refractivity contribution in [2.75, 3.05) is 12.8 Å². The Hall–Kier alpha value is -0.580. The third-order valence-electron chi connectivity index (χ3n) is 2.70. The molecule has 5 heteroatoms. The summed E-state index contributed by atoms with van der Waals surface area (Å²) in [5.74, 6) is 0.113. The van der Waals surface area contributed by atoms with Crippen molar-refractivity contribution >= 4 is 21.6 Å². The smallest absolute Gasteiger partial charge is 0.212 e. The molecule has 0 N–H and O–H groups in total. The van der Waals surface area contributed by atoms with Gasteiger partial charge in [0.25, 0.3) is 0 Å². The number of hydrogen-bond acceptors (Lipinski definition) is 2. The monoisotopic (exact) mass is 261 g/mol. The molecule has 90 valence electrons. The molecule has 1 aromatic rings. The first kappa shape index (κ1) is 13.5. The van der Waals surface area contributed by atoms with E-state index < -0.39 is 10.0 Å². The number of benzene rings is 1. The van der Waals surface area contributed by atoms with E-state index in [4.69, 9.17) is 11.6 Å². The van der Waals surface area contributed by atoms with E-state index in [9.17, 15) is 8.42 Å². The van der Waals surface area contributed by atoms with E-state index in [-0.39, 0.29) is 11.8 Å². The Morgan fingerprint density at radius 3 is 2.25 bits per heavy atom. The van der Waals surface area contributed by atoms with Crippen LogP contribution >= 0.6 is 11.6 Å². The standard InChI is InChI=1S/C11H16ClNO2S/c1-4-16(14,15)13(3)9(2)10-5-7-11(12)8-6-10/h5-9H,4H2,1-3H3/t9-/m1/s1. The molecular formula is C11H16ClNO2S. The normalized spacial score (nSPS) is 14.1. The molecule has 0 heterocycles. The first-order valence-electron chi connectivity index (χ1n) is 5.09. The summed E-state index contributed by atoms with van der Waals surface area (Å²) in [6.45, 7) is 3.50. The molecule has 0 unspecified atom stereocenters. The molecule has 0 saturated heterocycles. The van der Waals surface area contributed by atoms with Crippen LogP contribution in [-0.4, -0.2) is 25.5 Å². The maximum atomic E-state index is 11.7. The van der Waals surface area contributed by atoms with E-state index in [1.807, 2.05) is 19.1 Å². The molecule has 1 rings (SSSR count). The lowest BCUT2D eigenvalue weighted by atomic mass is 10.1. The average Bonchev–Trinajstić information content (AvgIpc) is 2.28. The van der Waals surface area contributed by atoms with Gasteiger partial charge in [-0.05, 0) is 31.5 Å². The molecule has 0 radical (unpaired) electrons. The lowest BCUT2D eigenvalue weighted by Crippen LogP contribution is -2.30. The van der Waals surface area contributed by atoms with E-state index in [0.29, 0.717) is 5.02 Å². The quantitative estimate of drug-likeness (QED) is 0.836. The van der Waals surface area contributed by atoms with Gasteiger partial charge >= 0.3 is 0 Å². The number of halogens is 1. The third kappa shape index (κ3) is 2.97. The van der Waals surface area contributed by atoms with E-state index in [1.54, 1.807) is 26.1 Å². The van der Waals surface area contributed by atoms with Crippen LogP contribution in [0.25, 0.3) is 0 Å². The zero-order valence-electron chi connectivity index (χ0n) is 9.64. The minimum absolute atomic E-state index is 0.113. The van der Waals surface area contributed by atoms with Crippen molar-refractivity contribution in [1.82, 2.24) is 4.31 Å². The summed E-state index contributed by atoms with van der Waals surface area (Å²) in [6.07, 6.45) is 0. The van der Waals surface area contributed by atoms with Crippen LogP contribution in [-0.2, 0) is 10.0 Å². The van der Waals surface area contributed by atoms with Crippen LogP contribution < -0.4 is 0 Å². The van der Waals surface area contributed by atoms with Crippen molar-refractivity contribution in [2.24, 2.45) is 0 Å². The summed E-state index contributed by atoms with van der Waals surface area (Å²) in [6, 6.07) is 7.03. The van der Waals surface area contributed by atoms with Gasteiger partial charge in [0.05, 0.1) is 5.75 Å². The van der Waals surface area contributed by atoms with Gasteiger partial charge in [-0.25, -0.2) is 8.42 Å². The van der Waals surface area contributed by atoms with Crippen LogP contribution in [0.2, 0.25) is 5.02 Å². The number of rotatable bonds is 4. The zero-order valence-corrected chi connectivity index (χ0v) is 11.2. The zero-order chi connectivity index (χ0) is 12.3. The van der Waals surface area contributed by atoms with Crippen LogP contribution in [0.5, 0.6) is 0 Å². The highest BCUT2D eigenvalue weighted by Crippen LogP contribution is 2.22. The van der Waals surface area contributed by atoms with E-state index >= 15 is 0 Å². The third-order valence-corrected chi connectivity index (χ3v) is 4.88. The Bertz CT molecular complexity index is 442. The van der Waals surface area contributed by atoms with Crippen molar-refractivity contribution in [3.63, 3.8) is 0 Å². The van der Waals surface area contributed by atoms with Crippen LogP contribution in [0.3, 0.4) is 0 Å². The van der Waals surface area contributed by atoms with Crippen molar-refractivity contribution in [3.05, 3.63) is 34.9 Å². The molecule has 1 atom stereocenters. The molecule has 3 nitrogen and oxygen atoms in total. The minimum Gasteiger partial charge on any atom is -0.212 e. The van der Waals surface area contributed by atoms with E-state index in [0.717, 1.165) is 5.56 Å². The van der Waals surface area contributed by atoms with Crippen LogP contribution in [0.15, 0.2) is 24.3 Å². The fourth-order valence-corrected chi connectivity index (χ4v) is 2.53. The molecule has 0 saturated carbocycles. The van der Waals surface area contributed by atoms with Crippen molar-refractivity contribution in [3.8, 4) is 0 Å². The van der Waals surface area contributed by atoms with Crippen LogP contribution in [0, 0.1) is 0 Å². The molecule has 0 aliphatic rings. The van der Waals surface area contributed by atoms with Gasteiger partial charge in [-0.15, -0.1) is 0 Å². The van der Waals surface area contributed by atoms with Gasteiger partial charge in [-0.1, -0.05) is 23.7 Å². The lowest BCUT2D eigenvalue weighted by Gasteiger charge is -2.24. The van der Waals surface area contributed by atoms with E-state index in [1.165, 1.54) is 4.31 Å². The second-order valence-electron chi connectivity index (χ2n) is 3.64. The molecule has 0 amide bonds. The molecular weight excluding hydrogens is 246 g/mol. The Morgan fingerprint density at radius 1 is 1.31 bits per heavy atom. The van der Waals surface area contributed by atoms with Gasteiger partial charge in [-0.3, -0.25) is 0 Å². The van der Waals surface area contributed by atoms with Crippen molar-refractivity contribution in [2.45, 2.75) is 19.9 Å². The molecule has 1 aromatic carbocycles. The SMILES string of the molecule is CCS(=O)(=O)N(C)[C@H](C)c1ccc(Cl)cc1. The fourth-order valence-electron chi connectivity index (χ4n) is 1.40.